The van der Waals surface area contributed by atoms with Crippen molar-refractivity contribution in [3.8, 4) is 0 Å². The van der Waals surface area contributed by atoms with E-state index in [0.717, 1.165) is 50.5 Å². The molecule has 1 heterocycles. The van der Waals surface area contributed by atoms with Crippen LogP contribution in [-0.4, -0.2) is 56.8 Å². The van der Waals surface area contributed by atoms with Gasteiger partial charge in [0.25, 0.3) is 11.8 Å². The van der Waals surface area contributed by atoms with Crippen LogP contribution in [0.2, 0.25) is 0 Å². The predicted molar refractivity (Wildman–Crippen MR) is 140 cm³/mol. The van der Waals surface area contributed by atoms with Crippen LogP contribution in [0.3, 0.4) is 0 Å². The van der Waals surface area contributed by atoms with E-state index in [1.807, 2.05) is 17.0 Å². The lowest BCUT2D eigenvalue weighted by Crippen LogP contribution is -2.52. The van der Waals surface area contributed by atoms with Gasteiger partial charge in [0.05, 0.1) is 6.42 Å². The Balaban J connectivity index is 1.53. The molecule has 1 aromatic carbocycles. The molecule has 1 spiro atoms. The molecule has 0 unspecified atom stereocenters. The molecule has 0 bridgehead atoms. The van der Waals surface area contributed by atoms with Gasteiger partial charge in [0.1, 0.15) is 5.54 Å². The normalized spacial score (nSPS) is 25.1. The molecule has 3 aliphatic rings. The Kier molecular flexibility index (Phi) is 7.95. The summed E-state index contributed by atoms with van der Waals surface area (Å²) in [5.74, 6) is -0.786. The summed E-state index contributed by atoms with van der Waals surface area (Å²) in [4.78, 5) is 54.3. The van der Waals surface area contributed by atoms with Gasteiger partial charge < -0.3 is 15.3 Å². The summed E-state index contributed by atoms with van der Waals surface area (Å²) in [5.41, 5.74) is 0.679. The first kappa shape index (κ1) is 27.1. The maximum Gasteiger partial charge on any atom is 0.328 e. The highest BCUT2D eigenvalue weighted by atomic mass is 16.4. The van der Waals surface area contributed by atoms with E-state index in [0.29, 0.717) is 30.9 Å². The summed E-state index contributed by atoms with van der Waals surface area (Å²) in [6, 6.07) is 6.85. The number of rotatable bonds is 7. The van der Waals surface area contributed by atoms with Crippen molar-refractivity contribution in [1.82, 2.24) is 15.1 Å². The van der Waals surface area contributed by atoms with E-state index in [-0.39, 0.29) is 42.3 Å². The minimum Gasteiger partial charge on any atom is -0.481 e. The van der Waals surface area contributed by atoms with Crippen LogP contribution in [0.15, 0.2) is 24.3 Å². The third-order valence-corrected chi connectivity index (χ3v) is 8.73. The lowest BCUT2D eigenvalue weighted by molar-refractivity contribution is -0.138. The lowest BCUT2D eigenvalue weighted by Gasteiger charge is -2.44. The number of imide groups is 1. The number of amides is 4. The summed E-state index contributed by atoms with van der Waals surface area (Å²) in [6.07, 6.45) is 8.12. The van der Waals surface area contributed by atoms with Crippen molar-refractivity contribution in [3.63, 3.8) is 0 Å². The first-order chi connectivity index (χ1) is 17.5. The quantitative estimate of drug-likeness (QED) is 0.503. The number of carboxylic acids is 1. The van der Waals surface area contributed by atoms with Gasteiger partial charge in [-0.2, -0.15) is 0 Å². The Labute approximate surface area is 219 Å². The molecule has 2 aliphatic carbocycles. The fourth-order valence-electron chi connectivity index (χ4n) is 6.39. The van der Waals surface area contributed by atoms with Crippen molar-refractivity contribution >= 4 is 23.8 Å². The summed E-state index contributed by atoms with van der Waals surface area (Å²) < 4.78 is 0. The zero-order valence-electron chi connectivity index (χ0n) is 22.4. The molecule has 0 aromatic heterocycles. The largest absolute Gasteiger partial charge is 0.481 e. The van der Waals surface area contributed by atoms with Crippen LogP contribution in [-0.2, 0) is 16.1 Å². The Morgan fingerprint density at radius 2 is 1.62 bits per heavy atom. The molecule has 1 aromatic rings. The van der Waals surface area contributed by atoms with Gasteiger partial charge in [-0.3, -0.25) is 19.3 Å². The lowest BCUT2D eigenvalue weighted by atomic mass is 9.66. The van der Waals surface area contributed by atoms with Crippen molar-refractivity contribution < 1.29 is 24.3 Å². The van der Waals surface area contributed by atoms with Gasteiger partial charge in [-0.15, -0.1) is 0 Å². The SMILES string of the molecule is CC(C)(C)C1CCC2(CC1)C(=O)N(C1CCCCC1)C(=O)N2Cc1ccc(C(=O)NCCC(=O)O)cc1. The number of nitrogens with zero attached hydrogens (tertiary/aromatic N) is 2. The minimum absolute atomic E-state index is 0.00663. The van der Waals surface area contributed by atoms with Gasteiger partial charge in [0, 0.05) is 24.7 Å². The first-order valence-electron chi connectivity index (χ1n) is 13.8. The van der Waals surface area contributed by atoms with Gasteiger partial charge >= 0.3 is 12.0 Å². The molecule has 8 nitrogen and oxygen atoms in total. The van der Waals surface area contributed by atoms with Crippen LogP contribution in [0.25, 0.3) is 0 Å². The average molecular weight is 512 g/mol. The van der Waals surface area contributed by atoms with E-state index >= 15 is 0 Å². The zero-order chi connectivity index (χ0) is 26.8. The van der Waals surface area contributed by atoms with Crippen LogP contribution in [0.5, 0.6) is 0 Å². The minimum atomic E-state index is -0.965. The number of benzene rings is 1. The van der Waals surface area contributed by atoms with E-state index < -0.39 is 11.5 Å². The van der Waals surface area contributed by atoms with Crippen LogP contribution in [0.4, 0.5) is 4.79 Å². The molecular formula is C29H41N3O5. The molecule has 1 saturated heterocycles. The van der Waals surface area contributed by atoms with E-state index in [9.17, 15) is 19.2 Å². The Hall–Kier alpha value is -2.90. The maximum absolute atomic E-state index is 14.0. The number of urea groups is 1. The number of hydrogen-bond donors (Lipinski definition) is 2. The number of hydrogen-bond acceptors (Lipinski definition) is 4. The Bertz CT molecular complexity index is 1010. The molecule has 0 atom stereocenters. The molecule has 1 aliphatic heterocycles. The van der Waals surface area contributed by atoms with Crippen molar-refractivity contribution in [2.45, 2.75) is 103 Å². The predicted octanol–water partition coefficient (Wildman–Crippen LogP) is 4.96. The van der Waals surface area contributed by atoms with Gasteiger partial charge in [-0.1, -0.05) is 52.2 Å². The number of carboxylic acid groups (broad SMARTS) is 1. The standard InChI is InChI=1S/C29H41N3O5/c1-28(2,3)22-13-16-29(17-14-22)26(36)32(23-7-5-4-6-8-23)27(37)31(29)19-20-9-11-21(12-10-20)25(35)30-18-15-24(33)34/h9-12,22-23H,4-8,13-19H2,1-3H3,(H,30,35)(H,33,34). The molecular weight excluding hydrogens is 470 g/mol. The van der Waals surface area contributed by atoms with E-state index in [2.05, 4.69) is 26.1 Å². The van der Waals surface area contributed by atoms with Crippen molar-refractivity contribution in [3.05, 3.63) is 35.4 Å². The van der Waals surface area contributed by atoms with Crippen LogP contribution in [0, 0.1) is 11.3 Å². The third-order valence-electron chi connectivity index (χ3n) is 8.73. The Morgan fingerprint density at radius 1 is 1.00 bits per heavy atom. The zero-order valence-corrected chi connectivity index (χ0v) is 22.4. The average Bonchev–Trinajstić information content (AvgIpc) is 3.05. The Morgan fingerprint density at radius 3 is 2.19 bits per heavy atom. The monoisotopic (exact) mass is 511 g/mol. The van der Waals surface area contributed by atoms with Crippen LogP contribution in [0.1, 0.15) is 101 Å². The van der Waals surface area contributed by atoms with Crippen molar-refractivity contribution in [2.24, 2.45) is 11.3 Å². The van der Waals surface area contributed by atoms with Crippen LogP contribution >= 0.6 is 0 Å². The molecule has 4 rings (SSSR count). The molecule has 4 amide bonds. The molecule has 0 radical (unpaired) electrons. The summed E-state index contributed by atoms with van der Waals surface area (Å²) in [5, 5.41) is 11.4. The van der Waals surface area contributed by atoms with Gasteiger partial charge in [0.2, 0.25) is 0 Å². The third kappa shape index (κ3) is 5.68. The molecule has 2 N–H and O–H groups in total. The highest BCUT2D eigenvalue weighted by Crippen LogP contribution is 2.48. The second-order valence-electron chi connectivity index (χ2n) is 12.1. The van der Waals surface area contributed by atoms with Crippen molar-refractivity contribution in [1.29, 1.82) is 0 Å². The van der Waals surface area contributed by atoms with Gasteiger partial charge in [0.15, 0.2) is 0 Å². The number of aliphatic carboxylic acids is 1. The number of carbonyl (C=O) groups excluding carboxylic acids is 3. The molecule has 37 heavy (non-hydrogen) atoms. The molecule has 202 valence electrons. The summed E-state index contributed by atoms with van der Waals surface area (Å²) in [7, 11) is 0. The summed E-state index contributed by atoms with van der Waals surface area (Å²) in [6.45, 7) is 7.15. The fraction of sp³-hybridized carbons (Fsp3) is 0.655. The van der Waals surface area contributed by atoms with Gasteiger partial charge in [-0.05, 0) is 67.6 Å². The van der Waals surface area contributed by atoms with Gasteiger partial charge in [-0.25, -0.2) is 4.79 Å². The second kappa shape index (κ2) is 10.8. The molecule has 3 fully saturated rings. The highest BCUT2D eigenvalue weighted by molar-refractivity contribution is 6.07. The molecule has 8 heteroatoms. The van der Waals surface area contributed by atoms with E-state index in [1.54, 1.807) is 17.0 Å². The van der Waals surface area contributed by atoms with E-state index in [4.69, 9.17) is 5.11 Å². The number of nitrogens with one attached hydrogen (secondary N) is 1. The summed E-state index contributed by atoms with van der Waals surface area (Å²) >= 11 is 0. The topological polar surface area (TPSA) is 107 Å². The molecule has 2 saturated carbocycles. The van der Waals surface area contributed by atoms with Crippen molar-refractivity contribution in [2.75, 3.05) is 6.54 Å². The second-order valence-corrected chi connectivity index (χ2v) is 12.1. The highest BCUT2D eigenvalue weighted by Gasteiger charge is 2.59. The fourth-order valence-corrected chi connectivity index (χ4v) is 6.39. The first-order valence-corrected chi connectivity index (χ1v) is 13.8. The smallest absolute Gasteiger partial charge is 0.328 e. The van der Waals surface area contributed by atoms with Crippen LogP contribution < -0.4 is 5.32 Å². The number of carbonyl (C=O) groups is 4. The van der Waals surface area contributed by atoms with E-state index in [1.165, 1.54) is 0 Å². The maximum atomic E-state index is 14.0.